The lowest BCUT2D eigenvalue weighted by molar-refractivity contribution is -0.140. The number of nitrogens with zero attached hydrogens (tertiary/aromatic N) is 2. The van der Waals surface area contributed by atoms with Crippen LogP contribution in [0.5, 0.6) is 17.2 Å². The van der Waals surface area contributed by atoms with Gasteiger partial charge in [-0.3, -0.25) is 9.36 Å². The number of benzene rings is 2. The number of rotatable bonds is 10. The molecule has 1 aliphatic rings. The lowest BCUT2D eigenvalue weighted by Gasteiger charge is -2.25. The SMILES string of the molecule is CCOC(=O)C1=C(C)N=c2s/c(=C\c3cc(I)c(OCC(=O)O)c(I)c3)c(=O)n2[C@@H]1c1ccc(OC(C)C)c(OC)c1. The molecule has 4 rings (SSSR count). The Morgan fingerprint density at radius 1 is 1.17 bits per heavy atom. The lowest BCUT2D eigenvalue weighted by Crippen LogP contribution is -2.40. The number of halogens is 2. The van der Waals surface area contributed by atoms with Gasteiger partial charge >= 0.3 is 11.9 Å². The number of carbonyl (C=O) groups excluding carboxylic acids is 1. The highest BCUT2D eigenvalue weighted by molar-refractivity contribution is 14.1. The van der Waals surface area contributed by atoms with E-state index in [9.17, 15) is 14.4 Å². The monoisotopic (exact) mass is 818 g/mol. The molecule has 1 N–H and O–H groups in total. The van der Waals surface area contributed by atoms with E-state index in [0.29, 0.717) is 45.0 Å². The van der Waals surface area contributed by atoms with Crippen LogP contribution in [-0.4, -0.2) is 48.0 Å². The third kappa shape index (κ3) is 6.83. The third-order valence-corrected chi connectivity index (χ3v) is 8.63. The maximum atomic E-state index is 14.0. The minimum Gasteiger partial charge on any atom is -0.493 e. The van der Waals surface area contributed by atoms with E-state index in [-0.39, 0.29) is 23.8 Å². The molecule has 0 fully saturated rings. The number of carboxylic acids is 1. The van der Waals surface area contributed by atoms with Gasteiger partial charge in [0.2, 0.25) is 0 Å². The van der Waals surface area contributed by atoms with E-state index in [4.69, 9.17) is 24.1 Å². The summed E-state index contributed by atoms with van der Waals surface area (Å²) >= 11 is 5.35. The zero-order valence-electron chi connectivity index (χ0n) is 23.4. The molecule has 0 unspecified atom stereocenters. The number of hydrogen-bond donors (Lipinski definition) is 1. The van der Waals surface area contributed by atoms with Crippen LogP contribution in [-0.2, 0) is 14.3 Å². The third-order valence-electron chi connectivity index (χ3n) is 6.04. The summed E-state index contributed by atoms with van der Waals surface area (Å²) < 4.78 is 25.6. The molecule has 0 bridgehead atoms. The Hall–Kier alpha value is -2.92. The fourth-order valence-electron chi connectivity index (χ4n) is 4.40. The number of allylic oxidation sites excluding steroid dienone is 1. The Bertz CT molecular complexity index is 1740. The van der Waals surface area contributed by atoms with Crippen LogP contribution in [0.25, 0.3) is 6.08 Å². The van der Waals surface area contributed by atoms with Gasteiger partial charge in [-0.05, 0) is 114 Å². The molecule has 0 aliphatic carbocycles. The number of aromatic nitrogens is 1. The maximum Gasteiger partial charge on any atom is 0.341 e. The summed E-state index contributed by atoms with van der Waals surface area (Å²) in [7, 11) is 1.53. The number of thiazole rings is 1. The second-order valence-corrected chi connectivity index (χ2v) is 12.7. The summed E-state index contributed by atoms with van der Waals surface area (Å²) in [5, 5.41) is 8.97. The standard InChI is InChI=1S/C29H28I2N2O8S/c1-6-39-28(37)24-15(4)32-29-33(25(24)17-7-8-20(41-14(2)3)21(12-17)38-5)27(36)22(42-29)11-16-9-18(30)26(19(31)10-16)40-13-23(34)35/h7-12,14,25H,6,13H2,1-5H3,(H,34,35)/b22-11-/t25-/m1/s1. The first-order valence-electron chi connectivity index (χ1n) is 12.8. The molecule has 1 atom stereocenters. The summed E-state index contributed by atoms with van der Waals surface area (Å²) in [6.45, 7) is 6.98. The van der Waals surface area contributed by atoms with Crippen molar-refractivity contribution in [2.45, 2.75) is 39.8 Å². The molecule has 2 aromatic carbocycles. The van der Waals surface area contributed by atoms with Gasteiger partial charge in [0.15, 0.2) is 22.9 Å². The number of hydrogen-bond acceptors (Lipinski definition) is 9. The predicted octanol–water partition coefficient (Wildman–Crippen LogP) is 4.27. The summed E-state index contributed by atoms with van der Waals surface area (Å²) in [5.41, 5.74) is 1.76. The van der Waals surface area contributed by atoms with E-state index >= 15 is 0 Å². The van der Waals surface area contributed by atoms with Crippen molar-refractivity contribution in [2.75, 3.05) is 20.3 Å². The van der Waals surface area contributed by atoms with E-state index in [1.165, 1.54) is 23.0 Å². The Labute approximate surface area is 272 Å². The van der Waals surface area contributed by atoms with Gasteiger partial charge in [-0.25, -0.2) is 14.6 Å². The average molecular weight is 818 g/mol. The first-order chi connectivity index (χ1) is 19.9. The second kappa shape index (κ2) is 13.6. The highest BCUT2D eigenvalue weighted by Crippen LogP contribution is 2.36. The number of carboxylic acid groups (broad SMARTS) is 1. The molecule has 0 saturated carbocycles. The second-order valence-electron chi connectivity index (χ2n) is 9.38. The minimum atomic E-state index is -1.07. The molecule has 0 amide bonds. The summed E-state index contributed by atoms with van der Waals surface area (Å²) in [4.78, 5) is 43.2. The number of fused-ring (bicyclic) bond motifs is 1. The van der Waals surface area contributed by atoms with Crippen LogP contribution in [0.4, 0.5) is 0 Å². The Balaban J connectivity index is 1.89. The highest BCUT2D eigenvalue weighted by Gasteiger charge is 2.34. The fourth-order valence-corrected chi connectivity index (χ4v) is 7.57. The van der Waals surface area contributed by atoms with Gasteiger partial charge in [-0.15, -0.1) is 0 Å². The first-order valence-corrected chi connectivity index (χ1v) is 15.8. The van der Waals surface area contributed by atoms with Crippen LogP contribution in [0.15, 0.2) is 51.4 Å². The van der Waals surface area contributed by atoms with Crippen LogP contribution < -0.4 is 29.1 Å². The number of esters is 1. The van der Waals surface area contributed by atoms with Crippen molar-refractivity contribution in [1.82, 2.24) is 4.57 Å². The number of aliphatic carboxylic acids is 1. The zero-order chi connectivity index (χ0) is 30.7. The number of ether oxygens (including phenoxy) is 4. The molecular formula is C29H28I2N2O8S. The van der Waals surface area contributed by atoms with E-state index in [1.54, 1.807) is 38.1 Å². The van der Waals surface area contributed by atoms with Crippen LogP contribution >= 0.6 is 56.5 Å². The number of methoxy groups -OCH3 is 1. The molecule has 1 aromatic heterocycles. The molecule has 0 spiro atoms. The van der Waals surface area contributed by atoms with Gasteiger partial charge in [-0.1, -0.05) is 17.4 Å². The van der Waals surface area contributed by atoms with Crippen molar-refractivity contribution >= 4 is 74.5 Å². The molecule has 0 radical (unpaired) electrons. The molecule has 42 heavy (non-hydrogen) atoms. The normalized spacial score (nSPS) is 14.9. The van der Waals surface area contributed by atoms with Crippen molar-refractivity contribution in [2.24, 2.45) is 4.99 Å². The fraction of sp³-hybridized carbons (Fsp3) is 0.310. The van der Waals surface area contributed by atoms with Gasteiger partial charge in [-0.2, -0.15) is 0 Å². The summed E-state index contributed by atoms with van der Waals surface area (Å²) in [5.74, 6) is -0.151. The summed E-state index contributed by atoms with van der Waals surface area (Å²) in [6.07, 6.45) is 1.67. The molecule has 222 valence electrons. The van der Waals surface area contributed by atoms with Crippen LogP contribution in [0.3, 0.4) is 0 Å². The van der Waals surface area contributed by atoms with Gasteiger partial charge in [0.1, 0.15) is 5.75 Å². The first kappa shape index (κ1) is 32.0. The van der Waals surface area contributed by atoms with E-state index in [2.05, 4.69) is 50.2 Å². The van der Waals surface area contributed by atoms with Gasteiger partial charge in [0, 0.05) is 0 Å². The molecule has 10 nitrogen and oxygen atoms in total. The molecular weight excluding hydrogens is 790 g/mol. The van der Waals surface area contributed by atoms with Gasteiger partial charge in [0.05, 0.1) is 48.8 Å². The molecule has 3 aromatic rings. The number of carbonyl (C=O) groups is 2. The van der Waals surface area contributed by atoms with E-state index < -0.39 is 24.6 Å². The van der Waals surface area contributed by atoms with Crippen LogP contribution in [0.1, 0.15) is 44.9 Å². The molecule has 0 saturated heterocycles. The van der Waals surface area contributed by atoms with Gasteiger partial charge in [0.25, 0.3) is 5.56 Å². The minimum absolute atomic E-state index is 0.0800. The quantitative estimate of drug-likeness (QED) is 0.238. The zero-order valence-corrected chi connectivity index (χ0v) is 28.5. The van der Waals surface area contributed by atoms with Crippen molar-refractivity contribution < 1.29 is 33.6 Å². The Morgan fingerprint density at radius 2 is 1.86 bits per heavy atom. The van der Waals surface area contributed by atoms with Crippen molar-refractivity contribution in [3.05, 3.63) is 79.6 Å². The van der Waals surface area contributed by atoms with Crippen LogP contribution in [0, 0.1) is 7.14 Å². The molecule has 13 heteroatoms. The lowest BCUT2D eigenvalue weighted by atomic mass is 9.95. The molecule has 1 aliphatic heterocycles. The Kier molecular flexibility index (Phi) is 10.4. The van der Waals surface area contributed by atoms with Crippen molar-refractivity contribution in [3.8, 4) is 17.2 Å². The largest absolute Gasteiger partial charge is 0.493 e. The maximum absolute atomic E-state index is 14.0. The van der Waals surface area contributed by atoms with E-state index in [0.717, 1.165) is 5.56 Å². The van der Waals surface area contributed by atoms with Gasteiger partial charge < -0.3 is 24.1 Å². The predicted molar refractivity (Wildman–Crippen MR) is 174 cm³/mol. The smallest absolute Gasteiger partial charge is 0.341 e. The van der Waals surface area contributed by atoms with Crippen molar-refractivity contribution in [3.63, 3.8) is 0 Å². The summed E-state index contributed by atoms with van der Waals surface area (Å²) in [6, 6.07) is 8.14. The van der Waals surface area contributed by atoms with Crippen LogP contribution in [0.2, 0.25) is 0 Å². The molecule has 2 heterocycles. The average Bonchev–Trinajstić information content (AvgIpc) is 3.21. The highest BCUT2D eigenvalue weighted by atomic mass is 127. The topological polar surface area (TPSA) is 126 Å². The Morgan fingerprint density at radius 3 is 2.45 bits per heavy atom. The van der Waals surface area contributed by atoms with Crippen molar-refractivity contribution in [1.29, 1.82) is 0 Å². The van der Waals surface area contributed by atoms with E-state index in [1.807, 2.05) is 26.0 Å².